The van der Waals surface area contributed by atoms with Crippen molar-refractivity contribution >= 4 is 84.3 Å². The molecule has 0 nitrogen and oxygen atoms in total. The molecule has 0 saturated heterocycles. The minimum atomic E-state index is -4.32. The molecule has 0 fully saturated rings. The fourth-order valence-corrected chi connectivity index (χ4v) is 10.2. The molecular weight excluding hydrogens is 582 g/mol. The normalized spacial score (nSPS) is 12.4. The van der Waals surface area contributed by atoms with E-state index in [9.17, 15) is 13.2 Å². The Morgan fingerprint density at radius 1 is 0.425 bits per heavy atom. The van der Waals surface area contributed by atoms with Crippen molar-refractivity contribution in [2.45, 2.75) is 6.18 Å². The molecule has 8 rings (SSSR count). The lowest BCUT2D eigenvalue weighted by molar-refractivity contribution is -0.137. The lowest BCUT2D eigenvalue weighted by atomic mass is 10.0. The fraction of sp³-hybridized carbons (Fsp3) is 0.0303. The van der Waals surface area contributed by atoms with Gasteiger partial charge in [-0.25, -0.2) is 0 Å². The fourth-order valence-electron chi connectivity index (χ4n) is 5.16. The monoisotopic (exact) mass is 598 g/mol. The molecule has 8 aromatic rings. The second kappa shape index (κ2) is 9.01. The zero-order valence-corrected chi connectivity index (χ0v) is 23.8. The molecule has 0 bridgehead atoms. The molecule has 0 amide bonds. The molecule has 0 aliphatic carbocycles. The Hall–Kier alpha value is -3.49. The van der Waals surface area contributed by atoms with Crippen LogP contribution in [-0.2, 0) is 6.18 Å². The van der Waals surface area contributed by atoms with Crippen molar-refractivity contribution in [2.24, 2.45) is 0 Å². The van der Waals surface area contributed by atoms with Gasteiger partial charge in [-0.3, -0.25) is 0 Å². The first-order valence-electron chi connectivity index (χ1n) is 12.6. The quantitative estimate of drug-likeness (QED) is 0.190. The minimum Gasteiger partial charge on any atom is -0.166 e. The third kappa shape index (κ3) is 3.99. The van der Waals surface area contributed by atoms with Gasteiger partial charge in [-0.05, 0) is 58.7 Å². The Morgan fingerprint density at radius 2 is 0.950 bits per heavy atom. The Labute approximate surface area is 243 Å². The second-order valence-electron chi connectivity index (χ2n) is 9.67. The Kier molecular flexibility index (Phi) is 5.48. The van der Waals surface area contributed by atoms with Gasteiger partial charge in [-0.15, -0.1) is 45.3 Å². The predicted octanol–water partition coefficient (Wildman–Crippen LogP) is 12.6. The van der Waals surface area contributed by atoms with Crippen molar-refractivity contribution in [3.63, 3.8) is 0 Å². The Bertz CT molecular complexity index is 2160. The highest BCUT2D eigenvalue weighted by molar-refractivity contribution is 7.36. The molecule has 0 aliphatic rings. The van der Waals surface area contributed by atoms with E-state index in [1.807, 2.05) is 58.3 Å². The zero-order chi connectivity index (χ0) is 27.0. The van der Waals surface area contributed by atoms with Crippen molar-refractivity contribution in [3.8, 4) is 32.0 Å². The second-order valence-corrected chi connectivity index (χ2v) is 13.9. The van der Waals surface area contributed by atoms with Crippen LogP contribution in [0.25, 0.3) is 71.0 Å². The molecule has 0 atom stereocenters. The summed E-state index contributed by atoms with van der Waals surface area (Å²) in [5.41, 5.74) is 3.40. The van der Waals surface area contributed by atoms with Crippen molar-refractivity contribution in [2.75, 3.05) is 0 Å². The molecule has 0 saturated carbocycles. The number of rotatable bonds is 3. The van der Waals surface area contributed by atoms with Crippen LogP contribution in [-0.4, -0.2) is 0 Å². The van der Waals surface area contributed by atoms with Gasteiger partial charge >= 0.3 is 6.18 Å². The molecule has 7 heteroatoms. The molecule has 0 unspecified atom stereocenters. The largest absolute Gasteiger partial charge is 0.416 e. The average Bonchev–Trinajstić information content (AvgIpc) is 3.71. The summed E-state index contributed by atoms with van der Waals surface area (Å²) in [6.07, 6.45) is -4.32. The van der Waals surface area contributed by atoms with E-state index in [0.717, 1.165) is 28.8 Å². The maximum atomic E-state index is 12.9. The van der Waals surface area contributed by atoms with E-state index in [1.165, 1.54) is 66.4 Å². The summed E-state index contributed by atoms with van der Waals surface area (Å²) in [5.74, 6) is 0. The summed E-state index contributed by atoms with van der Waals surface area (Å²) in [7, 11) is 0. The van der Waals surface area contributed by atoms with Crippen LogP contribution in [0, 0.1) is 0 Å². The van der Waals surface area contributed by atoms with Crippen molar-refractivity contribution in [3.05, 3.63) is 109 Å². The maximum Gasteiger partial charge on any atom is 0.416 e. The van der Waals surface area contributed by atoms with Gasteiger partial charge in [0.15, 0.2) is 0 Å². The lowest BCUT2D eigenvalue weighted by Gasteiger charge is -2.08. The summed E-state index contributed by atoms with van der Waals surface area (Å²) in [5, 5.41) is 2.69. The average molecular weight is 599 g/mol. The van der Waals surface area contributed by atoms with Crippen molar-refractivity contribution in [1.29, 1.82) is 0 Å². The topological polar surface area (TPSA) is 0 Å². The highest BCUT2D eigenvalue weighted by atomic mass is 32.1. The SMILES string of the molecule is FC(F)(F)c1ccc(-c2ccc(-c3cc4sc(-c5ccc6c(c5)sc5c7ccccc7sc65)cc4s3)cc2)cc1. The summed E-state index contributed by atoms with van der Waals surface area (Å²) in [4.78, 5) is 2.46. The number of benzene rings is 4. The van der Waals surface area contributed by atoms with Crippen LogP contribution in [0.1, 0.15) is 5.56 Å². The summed E-state index contributed by atoms with van der Waals surface area (Å²) in [6, 6.07) is 33.4. The molecule has 0 aliphatic heterocycles. The van der Waals surface area contributed by atoms with E-state index < -0.39 is 11.7 Å². The summed E-state index contributed by atoms with van der Waals surface area (Å²) < 4.78 is 46.6. The molecule has 4 aromatic heterocycles. The van der Waals surface area contributed by atoms with Gasteiger partial charge < -0.3 is 0 Å². The van der Waals surface area contributed by atoms with Crippen molar-refractivity contribution < 1.29 is 13.2 Å². The number of thiophene rings is 4. The third-order valence-corrected chi connectivity index (χ3v) is 12.1. The molecule has 194 valence electrons. The molecule has 4 heterocycles. The summed E-state index contributed by atoms with van der Waals surface area (Å²) in [6.45, 7) is 0. The molecule has 0 radical (unpaired) electrons. The molecule has 0 spiro atoms. The van der Waals surface area contributed by atoms with Crippen LogP contribution in [0.5, 0.6) is 0 Å². The molecular formula is C33H17F3S4. The smallest absolute Gasteiger partial charge is 0.166 e. The van der Waals surface area contributed by atoms with Crippen LogP contribution in [0.15, 0.2) is 103 Å². The van der Waals surface area contributed by atoms with Gasteiger partial charge in [0.25, 0.3) is 0 Å². The van der Waals surface area contributed by atoms with Crippen LogP contribution < -0.4 is 0 Å². The number of hydrogen-bond donors (Lipinski definition) is 0. The van der Waals surface area contributed by atoms with Crippen LogP contribution in [0.3, 0.4) is 0 Å². The van der Waals surface area contributed by atoms with E-state index >= 15 is 0 Å². The number of fused-ring (bicyclic) bond motifs is 6. The van der Waals surface area contributed by atoms with Gasteiger partial charge in [-0.1, -0.05) is 66.7 Å². The van der Waals surface area contributed by atoms with E-state index in [0.29, 0.717) is 0 Å². The van der Waals surface area contributed by atoms with Crippen molar-refractivity contribution in [1.82, 2.24) is 0 Å². The Morgan fingerprint density at radius 3 is 1.62 bits per heavy atom. The van der Waals surface area contributed by atoms with Crippen LogP contribution in [0.4, 0.5) is 13.2 Å². The van der Waals surface area contributed by atoms with Gasteiger partial charge in [-0.2, -0.15) is 13.2 Å². The lowest BCUT2D eigenvalue weighted by Crippen LogP contribution is -2.03. The first kappa shape index (κ1) is 24.3. The third-order valence-electron chi connectivity index (χ3n) is 7.19. The van der Waals surface area contributed by atoms with Gasteiger partial charge in [0.1, 0.15) is 0 Å². The van der Waals surface area contributed by atoms with Gasteiger partial charge in [0.2, 0.25) is 0 Å². The zero-order valence-electron chi connectivity index (χ0n) is 20.6. The predicted molar refractivity (Wildman–Crippen MR) is 169 cm³/mol. The highest BCUT2D eigenvalue weighted by Crippen LogP contribution is 2.47. The Balaban J connectivity index is 1.08. The van der Waals surface area contributed by atoms with Crippen LogP contribution in [0.2, 0.25) is 0 Å². The number of halogens is 3. The number of alkyl halides is 3. The molecule has 4 aromatic carbocycles. The van der Waals surface area contributed by atoms with Gasteiger partial charge in [0.05, 0.1) is 15.0 Å². The molecule has 0 N–H and O–H groups in total. The highest BCUT2D eigenvalue weighted by Gasteiger charge is 2.30. The first-order chi connectivity index (χ1) is 19.4. The van der Waals surface area contributed by atoms with E-state index in [1.54, 1.807) is 11.3 Å². The maximum absolute atomic E-state index is 12.9. The standard InChI is InChI=1S/C33H17F3S4/c34-33(35,36)22-12-9-19(10-13-22)18-5-7-20(8-6-18)26-16-29-30(37-26)17-27(38-29)21-11-14-24-28(15-21)40-31-23-3-1-2-4-25(23)39-32(24)31/h1-17H. The van der Waals surface area contributed by atoms with Crippen LogP contribution >= 0.6 is 45.3 Å². The number of hydrogen-bond acceptors (Lipinski definition) is 4. The van der Waals surface area contributed by atoms with E-state index in [2.05, 4.69) is 54.6 Å². The van der Waals surface area contributed by atoms with Gasteiger partial charge in [0, 0.05) is 39.3 Å². The minimum absolute atomic E-state index is 0.630. The first-order valence-corrected chi connectivity index (χ1v) is 15.8. The summed E-state index contributed by atoms with van der Waals surface area (Å²) >= 11 is 7.35. The van der Waals surface area contributed by atoms with E-state index in [4.69, 9.17) is 0 Å². The van der Waals surface area contributed by atoms with E-state index in [-0.39, 0.29) is 0 Å². The molecule has 40 heavy (non-hydrogen) atoms.